The van der Waals surface area contributed by atoms with Crippen LogP contribution in [-0.2, 0) is 9.59 Å². The van der Waals surface area contributed by atoms with Crippen molar-refractivity contribution in [3.8, 4) is 0 Å². The Balaban J connectivity index is 1.57. The van der Waals surface area contributed by atoms with Gasteiger partial charge in [-0.05, 0) is 43.1 Å². The number of aryl methyl sites for hydroxylation is 1. The Morgan fingerprint density at radius 3 is 2.21 bits per heavy atom. The fraction of sp³-hybridized carbons (Fsp3) is 0.444. The Hall–Kier alpha value is -2.50. The molecule has 0 radical (unpaired) electrons. The second kappa shape index (κ2) is 4.32. The Labute approximate surface area is 138 Å². The SMILES string of the molecule is Cc1ccc(N2C(=O)[C@@H]3[C@@H]4C=C[C@@H]([C@H]5C[C@@H]45)[C@@H]3C2=O)cc1[N+](=O)[O-]. The lowest BCUT2D eigenvalue weighted by Gasteiger charge is -2.37. The van der Waals surface area contributed by atoms with Crippen molar-refractivity contribution < 1.29 is 14.5 Å². The van der Waals surface area contributed by atoms with Crippen LogP contribution < -0.4 is 4.90 Å². The number of nitro benzene ring substituents is 1. The molecule has 1 saturated heterocycles. The first-order valence-corrected chi connectivity index (χ1v) is 8.30. The summed E-state index contributed by atoms with van der Waals surface area (Å²) in [7, 11) is 0. The number of allylic oxidation sites excluding steroid dienone is 2. The second-order valence-electron chi connectivity index (χ2n) is 7.39. The van der Waals surface area contributed by atoms with Crippen molar-refractivity contribution in [2.75, 3.05) is 4.90 Å². The number of hydrogen-bond donors (Lipinski definition) is 0. The van der Waals surface area contributed by atoms with Crippen molar-refractivity contribution in [2.45, 2.75) is 13.3 Å². The lowest BCUT2D eigenvalue weighted by Crippen LogP contribution is -2.40. The summed E-state index contributed by atoms with van der Waals surface area (Å²) in [6.45, 7) is 1.65. The predicted octanol–water partition coefficient (Wildman–Crippen LogP) is 2.46. The summed E-state index contributed by atoms with van der Waals surface area (Å²) in [5.74, 6) is 0.475. The van der Waals surface area contributed by atoms with Gasteiger partial charge in [0.05, 0.1) is 22.4 Å². The van der Waals surface area contributed by atoms with E-state index in [9.17, 15) is 19.7 Å². The molecule has 0 aromatic heterocycles. The molecule has 6 heteroatoms. The molecular weight excluding hydrogens is 308 g/mol. The highest BCUT2D eigenvalue weighted by molar-refractivity contribution is 6.22. The molecule has 3 fully saturated rings. The topological polar surface area (TPSA) is 80.5 Å². The van der Waals surface area contributed by atoms with E-state index in [1.165, 1.54) is 11.0 Å². The zero-order valence-electron chi connectivity index (χ0n) is 13.1. The number of anilines is 1. The van der Waals surface area contributed by atoms with E-state index in [-0.39, 0.29) is 41.2 Å². The number of rotatable bonds is 2. The zero-order chi connectivity index (χ0) is 16.7. The van der Waals surface area contributed by atoms with Crippen LogP contribution in [0.4, 0.5) is 11.4 Å². The van der Waals surface area contributed by atoms with Crippen LogP contribution in [0.25, 0.3) is 0 Å². The van der Waals surface area contributed by atoms with Gasteiger partial charge in [0.25, 0.3) is 5.69 Å². The molecule has 2 amide bonds. The van der Waals surface area contributed by atoms with E-state index in [1.54, 1.807) is 19.1 Å². The number of nitrogens with zero attached hydrogens (tertiary/aromatic N) is 2. The van der Waals surface area contributed by atoms with Gasteiger partial charge < -0.3 is 0 Å². The fourth-order valence-electron chi connectivity index (χ4n) is 5.15. The van der Waals surface area contributed by atoms with Gasteiger partial charge in [-0.3, -0.25) is 19.7 Å². The van der Waals surface area contributed by atoms with Crippen molar-refractivity contribution in [1.82, 2.24) is 0 Å². The Morgan fingerprint density at radius 2 is 1.67 bits per heavy atom. The van der Waals surface area contributed by atoms with Gasteiger partial charge in [-0.2, -0.15) is 0 Å². The molecular formula is C18H16N2O4. The maximum atomic E-state index is 13.0. The Morgan fingerprint density at radius 1 is 1.08 bits per heavy atom. The maximum Gasteiger partial charge on any atom is 0.274 e. The number of amides is 2. The van der Waals surface area contributed by atoms with Gasteiger partial charge in [0.1, 0.15) is 0 Å². The molecule has 0 unspecified atom stereocenters. The van der Waals surface area contributed by atoms with Gasteiger partial charge in [0.15, 0.2) is 0 Å². The van der Waals surface area contributed by atoms with E-state index in [1.807, 2.05) is 0 Å². The maximum absolute atomic E-state index is 13.0. The quantitative estimate of drug-likeness (QED) is 0.362. The molecule has 1 aromatic rings. The molecule has 24 heavy (non-hydrogen) atoms. The summed E-state index contributed by atoms with van der Waals surface area (Å²) < 4.78 is 0. The third-order valence-electron chi connectivity index (χ3n) is 6.31. The van der Waals surface area contributed by atoms with Crippen molar-refractivity contribution in [1.29, 1.82) is 0 Å². The molecule has 0 spiro atoms. The van der Waals surface area contributed by atoms with Crippen LogP contribution >= 0.6 is 0 Å². The average molecular weight is 324 g/mol. The first kappa shape index (κ1) is 13.9. The van der Waals surface area contributed by atoms with Gasteiger partial charge in [-0.25, -0.2) is 4.90 Å². The molecule has 4 aliphatic carbocycles. The van der Waals surface area contributed by atoms with Crippen molar-refractivity contribution >= 4 is 23.2 Å². The first-order valence-electron chi connectivity index (χ1n) is 8.30. The highest BCUT2D eigenvalue weighted by Crippen LogP contribution is 2.65. The molecule has 6 atom stereocenters. The fourth-order valence-corrected chi connectivity index (χ4v) is 5.15. The predicted molar refractivity (Wildman–Crippen MR) is 85.0 cm³/mol. The van der Waals surface area contributed by atoms with Crippen LogP contribution in [0.15, 0.2) is 30.4 Å². The normalized spacial score (nSPS) is 38.3. The van der Waals surface area contributed by atoms with Crippen LogP contribution in [0.5, 0.6) is 0 Å². The highest BCUT2D eigenvalue weighted by atomic mass is 16.6. The molecule has 1 heterocycles. The number of carbonyl (C=O) groups is 2. The Bertz CT molecular complexity index is 809. The molecule has 122 valence electrons. The summed E-state index contributed by atoms with van der Waals surface area (Å²) in [5, 5.41) is 11.2. The van der Waals surface area contributed by atoms with Gasteiger partial charge in [-0.15, -0.1) is 0 Å². The van der Waals surface area contributed by atoms with Crippen molar-refractivity contribution in [3.05, 3.63) is 46.0 Å². The second-order valence-corrected chi connectivity index (χ2v) is 7.39. The average Bonchev–Trinajstić information content (AvgIpc) is 3.33. The van der Waals surface area contributed by atoms with E-state index in [0.29, 0.717) is 23.1 Å². The van der Waals surface area contributed by atoms with Gasteiger partial charge >= 0.3 is 0 Å². The van der Waals surface area contributed by atoms with Gasteiger partial charge in [0, 0.05) is 11.6 Å². The lowest BCUT2D eigenvalue weighted by molar-refractivity contribution is -0.385. The van der Waals surface area contributed by atoms with E-state index in [4.69, 9.17) is 0 Å². The number of nitro groups is 1. The van der Waals surface area contributed by atoms with Crippen LogP contribution in [0.3, 0.4) is 0 Å². The van der Waals surface area contributed by atoms with Gasteiger partial charge in [0.2, 0.25) is 11.8 Å². The third kappa shape index (κ3) is 1.56. The monoisotopic (exact) mass is 324 g/mol. The molecule has 6 nitrogen and oxygen atoms in total. The van der Waals surface area contributed by atoms with Crippen molar-refractivity contribution in [2.24, 2.45) is 35.5 Å². The largest absolute Gasteiger partial charge is 0.274 e. The smallest absolute Gasteiger partial charge is 0.274 e. The van der Waals surface area contributed by atoms with E-state index >= 15 is 0 Å². The van der Waals surface area contributed by atoms with E-state index < -0.39 is 4.92 Å². The Kier molecular flexibility index (Phi) is 2.50. The molecule has 2 saturated carbocycles. The number of benzene rings is 1. The summed E-state index contributed by atoms with van der Waals surface area (Å²) in [6.07, 6.45) is 5.35. The molecule has 6 rings (SSSR count). The van der Waals surface area contributed by atoms with Crippen LogP contribution in [0, 0.1) is 52.5 Å². The molecule has 1 aromatic carbocycles. The van der Waals surface area contributed by atoms with Gasteiger partial charge in [-0.1, -0.05) is 18.2 Å². The minimum atomic E-state index is -0.475. The minimum Gasteiger partial charge on any atom is -0.274 e. The van der Waals surface area contributed by atoms with E-state index in [0.717, 1.165) is 6.42 Å². The minimum absolute atomic E-state index is 0.0630. The molecule has 1 aliphatic heterocycles. The molecule has 0 N–H and O–H groups in total. The number of carbonyl (C=O) groups excluding carboxylic acids is 2. The summed E-state index contributed by atoms with van der Waals surface area (Å²) in [5.41, 5.74) is 0.778. The molecule has 5 aliphatic rings. The zero-order valence-corrected chi connectivity index (χ0v) is 13.1. The lowest BCUT2D eigenvalue weighted by atomic mass is 9.63. The number of hydrogen-bond acceptors (Lipinski definition) is 4. The van der Waals surface area contributed by atoms with Crippen LogP contribution in [-0.4, -0.2) is 16.7 Å². The third-order valence-corrected chi connectivity index (χ3v) is 6.31. The van der Waals surface area contributed by atoms with Crippen molar-refractivity contribution in [3.63, 3.8) is 0 Å². The molecule has 2 bridgehead atoms. The summed E-state index contributed by atoms with van der Waals surface area (Å²) >= 11 is 0. The number of imide groups is 1. The first-order chi connectivity index (χ1) is 11.5. The van der Waals surface area contributed by atoms with Crippen LogP contribution in [0.2, 0.25) is 0 Å². The standard InChI is InChI=1S/C18H16N2O4/c1-8-2-3-9(6-14(8)20(23)24)19-17(21)15-10-4-5-11(13-7-12(10)13)16(15)18(19)22/h2-6,10-13,15-16H,7H2,1H3/t10-,11+,12+,13-,15-,16+. The van der Waals surface area contributed by atoms with E-state index in [2.05, 4.69) is 12.2 Å². The highest BCUT2D eigenvalue weighted by Gasteiger charge is 2.67. The van der Waals surface area contributed by atoms with Crippen LogP contribution in [0.1, 0.15) is 12.0 Å². The summed E-state index contributed by atoms with van der Waals surface area (Å²) in [6, 6.07) is 4.57. The summed E-state index contributed by atoms with van der Waals surface area (Å²) in [4.78, 5) is 37.8.